The van der Waals surface area contributed by atoms with Crippen molar-refractivity contribution in [1.29, 1.82) is 0 Å². The number of hydrogen-bond acceptors (Lipinski definition) is 6. The van der Waals surface area contributed by atoms with Crippen LogP contribution in [0.4, 0.5) is 5.82 Å². The molecular formula is C28H31N3O5. The van der Waals surface area contributed by atoms with Crippen LogP contribution in [0.1, 0.15) is 66.7 Å². The van der Waals surface area contributed by atoms with Gasteiger partial charge in [-0.2, -0.15) is 0 Å². The number of ketones is 1. The maximum Gasteiger partial charge on any atom is 0.270 e. The number of benzene rings is 2. The summed E-state index contributed by atoms with van der Waals surface area (Å²) in [6.45, 7) is 4.28. The number of methoxy groups -OCH3 is 3. The van der Waals surface area contributed by atoms with Crippen LogP contribution in [-0.4, -0.2) is 37.3 Å². The Balaban J connectivity index is 1.58. The molecule has 3 N–H and O–H groups in total. The van der Waals surface area contributed by atoms with Crippen molar-refractivity contribution in [1.82, 2.24) is 10.2 Å². The third-order valence-electron chi connectivity index (χ3n) is 7.27. The molecule has 1 aliphatic heterocycles. The highest BCUT2D eigenvalue weighted by Crippen LogP contribution is 2.48. The highest BCUT2D eigenvalue weighted by atomic mass is 16.5. The summed E-state index contributed by atoms with van der Waals surface area (Å²) < 4.78 is 16.5. The Morgan fingerprint density at radius 2 is 1.53 bits per heavy atom. The number of H-pyrrole nitrogens is 2. The van der Waals surface area contributed by atoms with Gasteiger partial charge in [0.15, 0.2) is 17.3 Å². The molecule has 0 saturated heterocycles. The second-order valence-electron chi connectivity index (χ2n) is 9.63. The fourth-order valence-electron chi connectivity index (χ4n) is 5.40. The molecule has 0 saturated carbocycles. The summed E-state index contributed by atoms with van der Waals surface area (Å²) in [5, 5.41) is 8.99. The smallest absolute Gasteiger partial charge is 0.270 e. The molecule has 0 amide bonds. The fourth-order valence-corrected chi connectivity index (χ4v) is 5.40. The molecule has 2 heterocycles. The van der Waals surface area contributed by atoms with Gasteiger partial charge in [-0.3, -0.25) is 19.8 Å². The molecule has 2 aromatic carbocycles. The van der Waals surface area contributed by atoms with Crippen LogP contribution in [0.15, 0.2) is 52.5 Å². The molecule has 0 spiro atoms. The van der Waals surface area contributed by atoms with Gasteiger partial charge in [-0.1, -0.05) is 38.1 Å². The zero-order chi connectivity index (χ0) is 25.6. The predicted octanol–water partition coefficient (Wildman–Crippen LogP) is 4.81. The van der Waals surface area contributed by atoms with Crippen LogP contribution in [0, 0.1) is 0 Å². The lowest BCUT2D eigenvalue weighted by Gasteiger charge is -2.35. The highest BCUT2D eigenvalue weighted by Gasteiger charge is 2.40. The van der Waals surface area contributed by atoms with E-state index >= 15 is 0 Å². The van der Waals surface area contributed by atoms with E-state index in [0.29, 0.717) is 53.0 Å². The summed E-state index contributed by atoms with van der Waals surface area (Å²) in [5.41, 5.74) is 4.88. The topological polar surface area (TPSA) is 105 Å². The van der Waals surface area contributed by atoms with Crippen LogP contribution in [0.25, 0.3) is 0 Å². The summed E-state index contributed by atoms with van der Waals surface area (Å²) in [6.07, 6.45) is 0.921. The zero-order valence-electron chi connectivity index (χ0n) is 21.2. The van der Waals surface area contributed by atoms with Crippen LogP contribution in [0.2, 0.25) is 0 Å². The fraction of sp³-hybridized carbons (Fsp3) is 0.357. The van der Waals surface area contributed by atoms with Crippen LogP contribution in [0.3, 0.4) is 0 Å². The first-order valence-electron chi connectivity index (χ1n) is 12.1. The summed E-state index contributed by atoms with van der Waals surface area (Å²) >= 11 is 0. The predicted molar refractivity (Wildman–Crippen MR) is 138 cm³/mol. The molecule has 8 nitrogen and oxygen atoms in total. The minimum Gasteiger partial charge on any atom is -0.493 e. The van der Waals surface area contributed by atoms with E-state index < -0.39 is 5.92 Å². The number of carbonyl (C=O) groups excluding carboxylic acids is 1. The Labute approximate surface area is 209 Å². The Morgan fingerprint density at radius 3 is 2.11 bits per heavy atom. The Morgan fingerprint density at radius 1 is 0.861 bits per heavy atom. The summed E-state index contributed by atoms with van der Waals surface area (Å²) in [7, 11) is 4.72. The van der Waals surface area contributed by atoms with E-state index in [0.717, 1.165) is 16.8 Å². The highest BCUT2D eigenvalue weighted by molar-refractivity contribution is 6.01. The van der Waals surface area contributed by atoms with Gasteiger partial charge >= 0.3 is 0 Å². The number of ether oxygens (including phenoxy) is 3. The molecule has 36 heavy (non-hydrogen) atoms. The van der Waals surface area contributed by atoms with Crippen molar-refractivity contribution in [3.8, 4) is 17.2 Å². The van der Waals surface area contributed by atoms with Gasteiger partial charge in [0.25, 0.3) is 5.56 Å². The number of hydrogen-bond donors (Lipinski definition) is 3. The maximum absolute atomic E-state index is 13.7. The first-order chi connectivity index (χ1) is 17.4. The van der Waals surface area contributed by atoms with Crippen LogP contribution < -0.4 is 25.1 Å². The molecule has 2 unspecified atom stereocenters. The van der Waals surface area contributed by atoms with Crippen molar-refractivity contribution in [2.75, 3.05) is 26.6 Å². The zero-order valence-corrected chi connectivity index (χ0v) is 21.2. The first-order valence-corrected chi connectivity index (χ1v) is 12.1. The lowest BCUT2D eigenvalue weighted by Crippen LogP contribution is -2.31. The van der Waals surface area contributed by atoms with Crippen molar-refractivity contribution in [2.24, 2.45) is 0 Å². The van der Waals surface area contributed by atoms with Gasteiger partial charge in [0.2, 0.25) is 5.75 Å². The monoisotopic (exact) mass is 489 g/mol. The Bertz CT molecular complexity index is 1370. The Hall–Kier alpha value is -3.94. The van der Waals surface area contributed by atoms with Crippen molar-refractivity contribution >= 4 is 11.6 Å². The van der Waals surface area contributed by atoms with E-state index in [1.165, 1.54) is 5.56 Å². The molecule has 1 aromatic heterocycles. The van der Waals surface area contributed by atoms with Crippen LogP contribution in [0.5, 0.6) is 17.2 Å². The van der Waals surface area contributed by atoms with Crippen LogP contribution in [-0.2, 0) is 4.79 Å². The minimum atomic E-state index is -0.430. The number of allylic oxidation sites excluding steroid dienone is 2. The van der Waals surface area contributed by atoms with Gasteiger partial charge in [-0.25, -0.2) is 0 Å². The maximum atomic E-state index is 13.7. The second kappa shape index (κ2) is 9.26. The number of carbonyl (C=O) groups is 1. The first kappa shape index (κ1) is 23.8. The summed E-state index contributed by atoms with van der Waals surface area (Å²) in [6, 6.07) is 12.0. The van der Waals surface area contributed by atoms with Crippen molar-refractivity contribution in [2.45, 2.75) is 44.4 Å². The van der Waals surface area contributed by atoms with Crippen LogP contribution >= 0.6 is 0 Å². The number of Topliss-reactive ketones (excluding diaryl/α,β-unsaturated/α-hetero) is 1. The normalized spacial score (nSPS) is 19.0. The third-order valence-corrected chi connectivity index (χ3v) is 7.27. The number of anilines is 1. The van der Waals surface area contributed by atoms with Gasteiger partial charge in [0, 0.05) is 23.6 Å². The van der Waals surface area contributed by atoms with E-state index in [2.05, 4.69) is 41.5 Å². The van der Waals surface area contributed by atoms with Gasteiger partial charge < -0.3 is 19.5 Å². The average molecular weight is 490 g/mol. The molecule has 0 radical (unpaired) electrons. The molecule has 0 bridgehead atoms. The summed E-state index contributed by atoms with van der Waals surface area (Å²) in [5.74, 6) is 2.12. The number of fused-ring (bicyclic) bond motifs is 1. The van der Waals surface area contributed by atoms with Gasteiger partial charge in [-0.05, 0) is 47.1 Å². The number of aromatic amines is 2. The SMILES string of the molecule is COc1cc(C2CC(=O)C3=C(C2)Nc2[nH][nH]c(=O)c2C3c2ccc(C(C)C)cc2)cc(OC)c1OC. The van der Waals surface area contributed by atoms with Crippen molar-refractivity contribution in [3.63, 3.8) is 0 Å². The van der Waals surface area contributed by atoms with Gasteiger partial charge in [0.1, 0.15) is 5.82 Å². The number of rotatable bonds is 6. The van der Waals surface area contributed by atoms with Crippen molar-refractivity contribution in [3.05, 3.63) is 80.3 Å². The Kier molecular flexibility index (Phi) is 6.12. The van der Waals surface area contributed by atoms with Gasteiger partial charge in [0.05, 0.1) is 26.9 Å². The number of nitrogens with one attached hydrogen (secondary N) is 3. The van der Waals surface area contributed by atoms with E-state index in [1.807, 2.05) is 24.3 Å². The molecule has 188 valence electrons. The lowest BCUT2D eigenvalue weighted by molar-refractivity contribution is -0.116. The largest absolute Gasteiger partial charge is 0.493 e. The third kappa shape index (κ3) is 3.86. The quantitative estimate of drug-likeness (QED) is 0.459. The van der Waals surface area contributed by atoms with E-state index in [4.69, 9.17) is 14.2 Å². The molecule has 2 atom stereocenters. The lowest BCUT2D eigenvalue weighted by atomic mass is 9.72. The average Bonchev–Trinajstić information content (AvgIpc) is 3.26. The second-order valence-corrected chi connectivity index (χ2v) is 9.63. The van der Waals surface area contributed by atoms with Gasteiger partial charge in [-0.15, -0.1) is 0 Å². The molecule has 2 aliphatic rings. The van der Waals surface area contributed by atoms with Crippen molar-refractivity contribution < 1.29 is 19.0 Å². The minimum absolute atomic E-state index is 0.0201. The van der Waals surface area contributed by atoms with E-state index in [1.54, 1.807) is 21.3 Å². The standard InChI is InChI=1S/C28H31N3O5/c1-14(2)15-6-8-16(9-7-15)23-24-19(29-27-25(23)28(33)31-30-27)10-17(11-20(24)32)18-12-21(34-3)26(36-5)22(13-18)35-4/h6-9,12-14,17,23H,10-11H2,1-5H3,(H3,29,30,31,33). The molecule has 8 heteroatoms. The molecular weight excluding hydrogens is 458 g/mol. The molecule has 0 fully saturated rings. The van der Waals surface area contributed by atoms with E-state index in [-0.39, 0.29) is 17.3 Å². The summed E-state index contributed by atoms with van der Waals surface area (Å²) in [4.78, 5) is 26.5. The number of aromatic nitrogens is 2. The molecule has 1 aliphatic carbocycles. The molecule has 5 rings (SSSR count). The van der Waals surface area contributed by atoms with E-state index in [9.17, 15) is 9.59 Å². The molecule has 3 aromatic rings.